The Kier molecular flexibility index (Phi) is 4.98. The van der Waals surface area contributed by atoms with Crippen LogP contribution in [0.1, 0.15) is 42.4 Å². The van der Waals surface area contributed by atoms with Gasteiger partial charge >= 0.3 is 5.97 Å². The number of hydrogen-bond donors (Lipinski definition) is 2. The number of fused-ring (bicyclic) bond motifs is 4. The number of methoxy groups -OCH3 is 1. The van der Waals surface area contributed by atoms with Crippen LogP contribution in [-0.4, -0.2) is 24.0 Å². The second kappa shape index (κ2) is 7.72. The summed E-state index contributed by atoms with van der Waals surface area (Å²) in [5, 5.41) is 4.24. The van der Waals surface area contributed by atoms with E-state index in [1.165, 1.54) is 35.3 Å². The van der Waals surface area contributed by atoms with Crippen molar-refractivity contribution in [3.05, 3.63) is 63.2 Å². The summed E-state index contributed by atoms with van der Waals surface area (Å²) in [6, 6.07) is 10.1. The average Bonchev–Trinajstić information content (AvgIpc) is 3.30. The molecule has 0 unspecified atom stereocenters. The molecular weight excluding hydrogens is 442 g/mol. The van der Waals surface area contributed by atoms with E-state index in [0.29, 0.717) is 21.1 Å². The fourth-order valence-electron chi connectivity index (χ4n) is 4.34. The van der Waals surface area contributed by atoms with Crippen LogP contribution in [0.3, 0.4) is 0 Å². The number of amides is 1. The Morgan fingerprint density at radius 1 is 1.16 bits per heavy atom. The number of pyridine rings is 1. The maximum Gasteiger partial charge on any atom is 0.341 e. The molecule has 6 nitrogen and oxygen atoms in total. The molecule has 4 aromatic rings. The third-order valence-electron chi connectivity index (χ3n) is 5.76. The molecule has 1 aromatic carbocycles. The molecule has 0 saturated carbocycles. The minimum absolute atomic E-state index is 0.348. The number of carbonyl (C=O) groups is 2. The SMILES string of the molecule is COC(=O)c1c(NC(=O)c2sc3nc(C)cc(C)c3c2N)sc2c1CCc1ccccc1-2. The number of nitrogens with one attached hydrogen (secondary N) is 1. The van der Waals surface area contributed by atoms with Crippen LogP contribution in [0.15, 0.2) is 30.3 Å². The highest BCUT2D eigenvalue weighted by Crippen LogP contribution is 2.46. The maximum atomic E-state index is 13.3. The van der Waals surface area contributed by atoms with Gasteiger partial charge in [0.05, 0.1) is 18.4 Å². The van der Waals surface area contributed by atoms with Crippen LogP contribution in [0.2, 0.25) is 0 Å². The standard InChI is InChI=1S/C24H21N3O3S2/c1-11-10-12(2)26-22-16(11)18(25)20(32-22)21(28)27-23-17(24(29)30-3)15-9-8-13-6-4-5-7-14(13)19(15)31-23/h4-7,10H,8-9,25H2,1-3H3,(H,27,28). The van der Waals surface area contributed by atoms with E-state index in [1.807, 2.05) is 32.0 Å². The van der Waals surface area contributed by atoms with E-state index in [2.05, 4.69) is 22.4 Å². The minimum atomic E-state index is -0.449. The number of ether oxygens (including phenoxy) is 1. The first-order chi connectivity index (χ1) is 15.4. The third kappa shape index (κ3) is 3.18. The molecule has 1 aliphatic carbocycles. The van der Waals surface area contributed by atoms with Gasteiger partial charge in [0.15, 0.2) is 0 Å². The Morgan fingerprint density at radius 3 is 2.72 bits per heavy atom. The fraction of sp³-hybridized carbons (Fsp3) is 0.208. The van der Waals surface area contributed by atoms with Crippen molar-refractivity contribution in [1.29, 1.82) is 0 Å². The van der Waals surface area contributed by atoms with E-state index < -0.39 is 5.97 Å². The molecule has 0 fully saturated rings. The summed E-state index contributed by atoms with van der Waals surface area (Å²) in [4.78, 5) is 32.6. The van der Waals surface area contributed by atoms with Gasteiger partial charge in [0, 0.05) is 16.0 Å². The van der Waals surface area contributed by atoms with Crippen molar-refractivity contribution < 1.29 is 14.3 Å². The van der Waals surface area contributed by atoms with Gasteiger partial charge in [-0.25, -0.2) is 9.78 Å². The summed E-state index contributed by atoms with van der Waals surface area (Å²) < 4.78 is 5.06. The second-order valence-electron chi connectivity index (χ2n) is 7.82. The number of thiophene rings is 2. The van der Waals surface area contributed by atoms with Crippen molar-refractivity contribution >= 4 is 55.5 Å². The Morgan fingerprint density at radius 2 is 1.94 bits per heavy atom. The second-order valence-corrected chi connectivity index (χ2v) is 9.84. The first kappa shape index (κ1) is 20.7. The quantitative estimate of drug-likeness (QED) is 0.399. The fourth-order valence-corrected chi connectivity index (χ4v) is 6.75. The number of carbonyl (C=O) groups excluding carboxylic acids is 2. The van der Waals surface area contributed by atoms with Crippen LogP contribution in [0.25, 0.3) is 20.7 Å². The molecule has 162 valence electrons. The predicted molar refractivity (Wildman–Crippen MR) is 130 cm³/mol. The van der Waals surface area contributed by atoms with E-state index in [-0.39, 0.29) is 5.91 Å². The van der Waals surface area contributed by atoms with Crippen molar-refractivity contribution in [3.63, 3.8) is 0 Å². The maximum absolute atomic E-state index is 13.3. The molecule has 0 aliphatic heterocycles. The largest absolute Gasteiger partial charge is 0.465 e. The van der Waals surface area contributed by atoms with Gasteiger partial charge in [-0.2, -0.15) is 0 Å². The first-order valence-corrected chi connectivity index (χ1v) is 11.8. The predicted octanol–water partition coefficient (Wildman–Crippen LogP) is 5.36. The number of nitrogens with zero attached hydrogens (tertiary/aromatic N) is 1. The average molecular weight is 464 g/mol. The van der Waals surface area contributed by atoms with Crippen LogP contribution >= 0.6 is 22.7 Å². The van der Waals surface area contributed by atoms with E-state index in [4.69, 9.17) is 10.5 Å². The Bertz CT molecular complexity index is 1420. The molecule has 0 radical (unpaired) electrons. The van der Waals surface area contributed by atoms with Gasteiger partial charge in [-0.1, -0.05) is 24.3 Å². The molecule has 0 saturated heterocycles. The molecule has 1 amide bonds. The molecule has 0 bridgehead atoms. The van der Waals surface area contributed by atoms with Gasteiger partial charge in [0.2, 0.25) is 0 Å². The highest BCUT2D eigenvalue weighted by atomic mass is 32.1. The van der Waals surface area contributed by atoms with E-state index in [1.54, 1.807) is 0 Å². The molecule has 3 heterocycles. The lowest BCUT2D eigenvalue weighted by Crippen LogP contribution is -2.15. The zero-order valence-corrected chi connectivity index (χ0v) is 19.5. The molecule has 3 N–H and O–H groups in total. The molecule has 5 rings (SSSR count). The summed E-state index contributed by atoms with van der Waals surface area (Å²) in [5.41, 5.74) is 12.3. The van der Waals surface area contributed by atoms with Gasteiger partial charge in [0.1, 0.15) is 14.7 Å². The molecule has 32 heavy (non-hydrogen) atoms. The van der Waals surface area contributed by atoms with Crippen LogP contribution in [0, 0.1) is 13.8 Å². The molecular formula is C24H21N3O3S2. The van der Waals surface area contributed by atoms with Gasteiger partial charge < -0.3 is 15.8 Å². The van der Waals surface area contributed by atoms with Gasteiger partial charge in [-0.3, -0.25) is 4.79 Å². The minimum Gasteiger partial charge on any atom is -0.465 e. The molecule has 0 atom stereocenters. The Labute approximate surface area is 193 Å². The van der Waals surface area contributed by atoms with Crippen LogP contribution in [0.4, 0.5) is 10.7 Å². The van der Waals surface area contributed by atoms with Gasteiger partial charge in [-0.05, 0) is 55.0 Å². The van der Waals surface area contributed by atoms with Gasteiger partial charge in [0.25, 0.3) is 5.91 Å². The molecule has 0 spiro atoms. The summed E-state index contributed by atoms with van der Waals surface area (Å²) in [5.74, 6) is -0.797. The smallest absolute Gasteiger partial charge is 0.341 e. The lowest BCUT2D eigenvalue weighted by molar-refractivity contribution is 0.0601. The number of nitrogens with two attached hydrogens (primary N) is 1. The number of benzene rings is 1. The summed E-state index contributed by atoms with van der Waals surface area (Å²) in [7, 11) is 1.36. The Hall–Kier alpha value is -3.23. The van der Waals surface area contributed by atoms with E-state index in [9.17, 15) is 9.59 Å². The van der Waals surface area contributed by atoms with Crippen molar-refractivity contribution in [2.24, 2.45) is 0 Å². The number of nitrogen functional groups attached to an aromatic ring is 1. The topological polar surface area (TPSA) is 94.3 Å². The van der Waals surface area contributed by atoms with Crippen LogP contribution in [-0.2, 0) is 17.6 Å². The number of hydrogen-bond acceptors (Lipinski definition) is 7. The number of aryl methyl sites for hydroxylation is 3. The zero-order chi connectivity index (χ0) is 22.6. The van der Waals surface area contributed by atoms with Crippen molar-refractivity contribution in [1.82, 2.24) is 4.98 Å². The lowest BCUT2D eigenvalue weighted by Gasteiger charge is -2.16. The van der Waals surface area contributed by atoms with E-state index in [0.717, 1.165) is 50.3 Å². The highest BCUT2D eigenvalue weighted by molar-refractivity contribution is 7.22. The molecule has 1 aliphatic rings. The number of rotatable bonds is 3. The number of anilines is 2. The van der Waals surface area contributed by atoms with Crippen molar-refractivity contribution in [3.8, 4) is 10.4 Å². The van der Waals surface area contributed by atoms with Crippen LogP contribution in [0.5, 0.6) is 0 Å². The lowest BCUT2D eigenvalue weighted by atomic mass is 9.89. The Balaban J connectivity index is 1.59. The highest BCUT2D eigenvalue weighted by Gasteiger charge is 2.30. The van der Waals surface area contributed by atoms with Gasteiger partial charge in [-0.15, -0.1) is 22.7 Å². The monoisotopic (exact) mass is 463 g/mol. The van der Waals surface area contributed by atoms with Crippen LogP contribution < -0.4 is 11.1 Å². The first-order valence-electron chi connectivity index (χ1n) is 10.2. The summed E-state index contributed by atoms with van der Waals surface area (Å²) >= 11 is 2.67. The number of esters is 1. The van der Waals surface area contributed by atoms with E-state index >= 15 is 0 Å². The molecule has 8 heteroatoms. The molecule has 3 aromatic heterocycles. The summed E-state index contributed by atoms with van der Waals surface area (Å²) in [6.45, 7) is 3.88. The van der Waals surface area contributed by atoms with Crippen molar-refractivity contribution in [2.75, 3.05) is 18.2 Å². The normalized spacial score (nSPS) is 12.3. The number of aromatic nitrogens is 1. The summed E-state index contributed by atoms with van der Waals surface area (Å²) in [6.07, 6.45) is 1.56. The zero-order valence-electron chi connectivity index (χ0n) is 17.9. The van der Waals surface area contributed by atoms with Crippen molar-refractivity contribution in [2.45, 2.75) is 26.7 Å². The third-order valence-corrected chi connectivity index (χ3v) is 8.04.